The van der Waals surface area contributed by atoms with Crippen LogP contribution in [0.2, 0.25) is 0 Å². The van der Waals surface area contributed by atoms with Crippen molar-refractivity contribution in [1.29, 1.82) is 0 Å². The van der Waals surface area contributed by atoms with Crippen LogP contribution in [-0.2, 0) is 22.8 Å². The summed E-state index contributed by atoms with van der Waals surface area (Å²) in [5.41, 5.74) is 7.87. The highest BCUT2D eigenvalue weighted by atomic mass is 32.2. The van der Waals surface area contributed by atoms with Crippen LogP contribution in [0.1, 0.15) is 18.1 Å². The molecular weight excluding hydrogens is 350 g/mol. The van der Waals surface area contributed by atoms with E-state index in [9.17, 15) is 13.2 Å². The molecule has 0 aliphatic carbocycles. The third-order valence-corrected chi connectivity index (χ3v) is 6.00. The second-order valence-corrected chi connectivity index (χ2v) is 8.26. The molecule has 2 aromatic carbocycles. The molecule has 0 saturated heterocycles. The molecule has 7 heteroatoms. The highest BCUT2D eigenvalue weighted by Gasteiger charge is 2.17. The van der Waals surface area contributed by atoms with Gasteiger partial charge in [0.1, 0.15) is 0 Å². The topological polar surface area (TPSA) is 92.5 Å². The number of nitrogens with one attached hydrogen (secondary N) is 1. The molecule has 0 radical (unpaired) electrons. The van der Waals surface area contributed by atoms with E-state index in [2.05, 4.69) is 5.32 Å². The Labute approximate surface area is 154 Å². The summed E-state index contributed by atoms with van der Waals surface area (Å²) in [6.45, 7) is 2.25. The van der Waals surface area contributed by atoms with Crippen LogP contribution in [0, 0.1) is 0 Å². The van der Waals surface area contributed by atoms with Crippen LogP contribution in [0.4, 0.5) is 10.5 Å². The van der Waals surface area contributed by atoms with E-state index < -0.39 is 9.84 Å². The molecular formula is C19H25N3O3S. The molecule has 2 rings (SSSR count). The fourth-order valence-corrected chi connectivity index (χ4v) is 3.67. The lowest BCUT2D eigenvalue weighted by molar-refractivity contribution is 0.223. The molecule has 2 aromatic rings. The number of sulfone groups is 1. The molecule has 2 amide bonds. The molecule has 0 aliphatic heterocycles. The molecule has 0 fully saturated rings. The SMILES string of the molecule is CCS(=O)(=O)c1ccc(NC(=O)N(C)CCc2ccccc2)cc1CN. The molecule has 0 unspecified atom stereocenters. The zero-order chi connectivity index (χ0) is 19.2. The van der Waals surface area contributed by atoms with Gasteiger partial charge in [0.2, 0.25) is 0 Å². The smallest absolute Gasteiger partial charge is 0.321 e. The van der Waals surface area contributed by atoms with Crippen LogP contribution in [0.15, 0.2) is 53.4 Å². The number of nitrogens with zero attached hydrogens (tertiary/aromatic N) is 1. The average molecular weight is 375 g/mol. The first kappa shape index (κ1) is 19.9. The Balaban J connectivity index is 2.04. The van der Waals surface area contributed by atoms with Gasteiger partial charge in [-0.15, -0.1) is 0 Å². The maximum atomic E-state index is 12.3. The molecule has 0 saturated carbocycles. The fraction of sp³-hybridized carbons (Fsp3) is 0.316. The normalized spacial score (nSPS) is 11.2. The van der Waals surface area contributed by atoms with Crippen molar-refractivity contribution in [3.63, 3.8) is 0 Å². The highest BCUT2D eigenvalue weighted by Crippen LogP contribution is 2.21. The number of anilines is 1. The summed E-state index contributed by atoms with van der Waals surface area (Å²) in [6, 6.07) is 14.4. The van der Waals surface area contributed by atoms with Gasteiger partial charge in [0.15, 0.2) is 9.84 Å². The van der Waals surface area contributed by atoms with Crippen LogP contribution in [0.25, 0.3) is 0 Å². The first-order chi connectivity index (χ1) is 12.4. The first-order valence-electron chi connectivity index (χ1n) is 8.49. The summed E-state index contributed by atoms with van der Waals surface area (Å²) in [4.78, 5) is 14.1. The largest absolute Gasteiger partial charge is 0.327 e. The highest BCUT2D eigenvalue weighted by molar-refractivity contribution is 7.91. The van der Waals surface area contributed by atoms with Crippen LogP contribution in [0.5, 0.6) is 0 Å². The number of nitrogens with two attached hydrogens (primary N) is 1. The van der Waals surface area contributed by atoms with Gasteiger partial charge in [-0.25, -0.2) is 13.2 Å². The van der Waals surface area contributed by atoms with E-state index in [4.69, 9.17) is 5.73 Å². The molecule has 0 atom stereocenters. The second kappa shape index (κ2) is 8.82. The minimum absolute atomic E-state index is 0.00787. The minimum Gasteiger partial charge on any atom is -0.327 e. The standard InChI is InChI=1S/C19H25N3O3S/c1-3-26(24,25)18-10-9-17(13-16(18)14-20)21-19(23)22(2)12-11-15-7-5-4-6-8-15/h4-10,13H,3,11-12,14,20H2,1-2H3,(H,21,23). The third-order valence-electron chi connectivity index (χ3n) is 4.17. The van der Waals surface area contributed by atoms with Gasteiger partial charge < -0.3 is 16.0 Å². The Hall–Kier alpha value is -2.38. The maximum absolute atomic E-state index is 12.3. The summed E-state index contributed by atoms with van der Waals surface area (Å²) in [5, 5.41) is 2.79. The van der Waals surface area contributed by atoms with Crippen molar-refractivity contribution in [3.8, 4) is 0 Å². The lowest BCUT2D eigenvalue weighted by Gasteiger charge is -2.19. The van der Waals surface area contributed by atoms with E-state index in [0.29, 0.717) is 17.8 Å². The lowest BCUT2D eigenvalue weighted by atomic mass is 10.1. The van der Waals surface area contributed by atoms with Gasteiger partial charge in [0.25, 0.3) is 0 Å². The Morgan fingerprint density at radius 2 is 1.85 bits per heavy atom. The molecule has 3 N–H and O–H groups in total. The minimum atomic E-state index is -3.34. The van der Waals surface area contributed by atoms with Crippen molar-refractivity contribution in [3.05, 3.63) is 59.7 Å². The lowest BCUT2D eigenvalue weighted by Crippen LogP contribution is -2.33. The molecule has 0 aliphatic rings. The van der Waals surface area contributed by atoms with Crippen molar-refractivity contribution in [2.75, 3.05) is 24.7 Å². The Morgan fingerprint density at radius 3 is 2.46 bits per heavy atom. The van der Waals surface area contributed by atoms with Crippen LogP contribution in [-0.4, -0.2) is 38.7 Å². The van der Waals surface area contributed by atoms with Crippen molar-refractivity contribution >= 4 is 21.6 Å². The number of rotatable bonds is 7. The summed E-state index contributed by atoms with van der Waals surface area (Å²) in [5.74, 6) is 0.00787. The van der Waals surface area contributed by atoms with E-state index >= 15 is 0 Å². The summed E-state index contributed by atoms with van der Waals surface area (Å²) >= 11 is 0. The van der Waals surface area contributed by atoms with Gasteiger partial charge in [0, 0.05) is 25.8 Å². The fourth-order valence-electron chi connectivity index (χ4n) is 2.54. The molecule has 26 heavy (non-hydrogen) atoms. The quantitative estimate of drug-likeness (QED) is 0.778. The van der Waals surface area contributed by atoms with Gasteiger partial charge in [0.05, 0.1) is 10.6 Å². The van der Waals surface area contributed by atoms with E-state index in [1.54, 1.807) is 31.0 Å². The van der Waals surface area contributed by atoms with Crippen molar-refractivity contribution in [2.45, 2.75) is 24.8 Å². The van der Waals surface area contributed by atoms with E-state index in [0.717, 1.165) is 12.0 Å². The van der Waals surface area contributed by atoms with E-state index in [1.807, 2.05) is 30.3 Å². The number of benzene rings is 2. The Morgan fingerprint density at radius 1 is 1.15 bits per heavy atom. The molecule has 0 spiro atoms. The molecule has 0 heterocycles. The summed E-state index contributed by atoms with van der Waals surface area (Å²) < 4.78 is 24.2. The summed E-state index contributed by atoms with van der Waals surface area (Å²) in [6.07, 6.45) is 0.756. The van der Waals surface area contributed by atoms with Gasteiger partial charge in [-0.2, -0.15) is 0 Å². The van der Waals surface area contributed by atoms with E-state index in [-0.39, 0.29) is 23.2 Å². The predicted octanol–water partition coefficient (Wildman–Crippen LogP) is 2.65. The number of urea groups is 1. The summed E-state index contributed by atoms with van der Waals surface area (Å²) in [7, 11) is -1.62. The maximum Gasteiger partial charge on any atom is 0.321 e. The number of likely N-dealkylation sites (N-methyl/N-ethyl adjacent to an activating group) is 1. The van der Waals surface area contributed by atoms with Crippen molar-refractivity contribution in [2.24, 2.45) is 5.73 Å². The first-order valence-corrected chi connectivity index (χ1v) is 10.1. The van der Waals surface area contributed by atoms with Crippen LogP contribution < -0.4 is 11.1 Å². The van der Waals surface area contributed by atoms with E-state index in [1.165, 1.54) is 6.07 Å². The molecule has 140 valence electrons. The number of hydrogen-bond donors (Lipinski definition) is 2. The van der Waals surface area contributed by atoms with Crippen molar-refractivity contribution in [1.82, 2.24) is 4.90 Å². The van der Waals surface area contributed by atoms with Gasteiger partial charge >= 0.3 is 6.03 Å². The number of amides is 2. The second-order valence-electron chi connectivity index (χ2n) is 6.02. The predicted molar refractivity (Wildman–Crippen MR) is 104 cm³/mol. The number of carbonyl (C=O) groups is 1. The zero-order valence-corrected chi connectivity index (χ0v) is 15.9. The van der Waals surface area contributed by atoms with Gasteiger partial charge in [-0.3, -0.25) is 0 Å². The van der Waals surface area contributed by atoms with Crippen LogP contribution in [0.3, 0.4) is 0 Å². The average Bonchev–Trinajstić information content (AvgIpc) is 2.66. The van der Waals surface area contributed by atoms with Crippen LogP contribution >= 0.6 is 0 Å². The third kappa shape index (κ3) is 5.06. The number of carbonyl (C=O) groups excluding carboxylic acids is 1. The van der Waals surface area contributed by atoms with Gasteiger partial charge in [-0.05, 0) is 35.7 Å². The molecule has 0 aromatic heterocycles. The Bertz CT molecular complexity index is 852. The van der Waals surface area contributed by atoms with Gasteiger partial charge in [-0.1, -0.05) is 37.3 Å². The van der Waals surface area contributed by atoms with Crippen molar-refractivity contribution < 1.29 is 13.2 Å². The number of hydrogen-bond acceptors (Lipinski definition) is 4. The zero-order valence-electron chi connectivity index (χ0n) is 15.1. The molecule has 6 nitrogen and oxygen atoms in total. The Kier molecular flexibility index (Phi) is 6.76. The monoisotopic (exact) mass is 375 g/mol. The molecule has 0 bridgehead atoms.